The number of alkyl halides is 3. The van der Waals surface area contributed by atoms with Gasteiger partial charge in [-0.1, -0.05) is 11.6 Å². The summed E-state index contributed by atoms with van der Waals surface area (Å²) in [4.78, 5) is 11.4. The first-order valence-corrected chi connectivity index (χ1v) is 5.65. The van der Waals surface area contributed by atoms with E-state index >= 15 is 0 Å². The summed E-state index contributed by atoms with van der Waals surface area (Å²) in [6.45, 7) is -1.68. The first-order valence-electron chi connectivity index (χ1n) is 5.27. The van der Waals surface area contributed by atoms with Crippen LogP contribution in [0.25, 0.3) is 0 Å². The number of rotatable bonds is 5. The standard InChI is InChI=1S/C11H12ClF3N2O2/c12-8-5-7(1-2-9(8)16)17-10(18)3-4-19-6-11(13,14)15/h1-2,5H,3-4,6,16H2,(H,17,18). The number of nitrogens with one attached hydrogen (secondary N) is 1. The second-order valence-electron chi connectivity index (χ2n) is 3.70. The molecule has 0 aliphatic rings. The predicted molar refractivity (Wildman–Crippen MR) is 66.0 cm³/mol. The molecule has 0 saturated heterocycles. The van der Waals surface area contributed by atoms with Gasteiger partial charge in [-0.05, 0) is 18.2 Å². The Labute approximate surface area is 112 Å². The second-order valence-corrected chi connectivity index (χ2v) is 4.11. The summed E-state index contributed by atoms with van der Waals surface area (Å²) in [6.07, 6.45) is -4.57. The predicted octanol–water partition coefficient (Wildman–Crippen LogP) is 2.83. The van der Waals surface area contributed by atoms with Crippen LogP contribution in [-0.4, -0.2) is 25.3 Å². The van der Waals surface area contributed by atoms with Crippen molar-refractivity contribution in [1.29, 1.82) is 0 Å². The maximum atomic E-state index is 11.8. The van der Waals surface area contributed by atoms with E-state index in [0.29, 0.717) is 11.4 Å². The topological polar surface area (TPSA) is 64.3 Å². The number of benzene rings is 1. The molecular formula is C11H12ClF3N2O2. The first-order chi connectivity index (χ1) is 8.78. The van der Waals surface area contributed by atoms with Gasteiger partial charge in [0, 0.05) is 5.69 Å². The van der Waals surface area contributed by atoms with Crippen LogP contribution >= 0.6 is 11.6 Å². The Bertz CT molecular complexity index is 452. The van der Waals surface area contributed by atoms with Crippen molar-refractivity contribution in [3.63, 3.8) is 0 Å². The molecule has 3 N–H and O–H groups in total. The molecule has 0 spiro atoms. The molecule has 1 rings (SSSR count). The van der Waals surface area contributed by atoms with Gasteiger partial charge in [-0.15, -0.1) is 0 Å². The lowest BCUT2D eigenvalue weighted by Crippen LogP contribution is -2.20. The zero-order valence-corrected chi connectivity index (χ0v) is 10.5. The monoisotopic (exact) mass is 296 g/mol. The second kappa shape index (κ2) is 6.63. The van der Waals surface area contributed by atoms with Crippen molar-refractivity contribution in [2.45, 2.75) is 12.6 Å². The summed E-state index contributed by atoms with van der Waals surface area (Å²) in [5.74, 6) is -0.469. The van der Waals surface area contributed by atoms with Gasteiger partial charge in [0.2, 0.25) is 5.91 Å². The average molecular weight is 297 g/mol. The maximum Gasteiger partial charge on any atom is 0.411 e. The van der Waals surface area contributed by atoms with Crippen LogP contribution in [0.15, 0.2) is 18.2 Å². The Kier molecular flexibility index (Phi) is 5.44. The van der Waals surface area contributed by atoms with Gasteiger partial charge in [-0.25, -0.2) is 0 Å². The molecule has 0 heterocycles. The fourth-order valence-corrected chi connectivity index (χ4v) is 1.36. The van der Waals surface area contributed by atoms with Crippen molar-refractivity contribution in [2.75, 3.05) is 24.3 Å². The largest absolute Gasteiger partial charge is 0.411 e. The molecule has 0 atom stereocenters. The lowest BCUT2D eigenvalue weighted by Gasteiger charge is -2.08. The Morgan fingerprint density at radius 2 is 2.11 bits per heavy atom. The minimum absolute atomic E-state index is 0.182. The molecule has 0 aliphatic heterocycles. The lowest BCUT2D eigenvalue weighted by molar-refractivity contribution is -0.174. The van der Waals surface area contributed by atoms with E-state index in [0.717, 1.165) is 0 Å². The zero-order valence-electron chi connectivity index (χ0n) is 9.76. The summed E-state index contributed by atoms with van der Waals surface area (Å²) in [5.41, 5.74) is 6.27. The fourth-order valence-electron chi connectivity index (χ4n) is 1.18. The van der Waals surface area contributed by atoms with Crippen LogP contribution in [0.4, 0.5) is 24.5 Å². The molecule has 106 valence electrons. The molecule has 1 aromatic carbocycles. The highest BCUT2D eigenvalue weighted by atomic mass is 35.5. The Balaban J connectivity index is 2.33. The molecule has 0 bridgehead atoms. The number of carbonyl (C=O) groups excluding carboxylic acids is 1. The van der Waals surface area contributed by atoms with Crippen LogP contribution in [0.2, 0.25) is 5.02 Å². The van der Waals surface area contributed by atoms with Crippen LogP contribution in [-0.2, 0) is 9.53 Å². The van der Waals surface area contributed by atoms with Crippen molar-refractivity contribution < 1.29 is 22.7 Å². The van der Waals surface area contributed by atoms with Gasteiger partial charge in [0.1, 0.15) is 6.61 Å². The third-order valence-corrected chi connectivity index (χ3v) is 2.35. The number of ether oxygens (including phenoxy) is 1. The van der Waals surface area contributed by atoms with Gasteiger partial charge in [-0.3, -0.25) is 4.79 Å². The highest BCUT2D eigenvalue weighted by Crippen LogP contribution is 2.22. The number of nitrogen functional groups attached to an aromatic ring is 1. The van der Waals surface area contributed by atoms with E-state index < -0.39 is 18.7 Å². The van der Waals surface area contributed by atoms with E-state index in [2.05, 4.69) is 10.1 Å². The number of nitrogens with two attached hydrogens (primary N) is 1. The summed E-state index contributed by atoms with van der Waals surface area (Å²) in [5, 5.41) is 2.75. The molecule has 0 saturated carbocycles. The molecule has 19 heavy (non-hydrogen) atoms. The number of amides is 1. The molecular weight excluding hydrogens is 285 g/mol. The molecule has 1 aromatic rings. The van der Waals surface area contributed by atoms with Crippen LogP contribution < -0.4 is 11.1 Å². The van der Waals surface area contributed by atoms with E-state index in [1.54, 1.807) is 0 Å². The van der Waals surface area contributed by atoms with Crippen LogP contribution in [0, 0.1) is 0 Å². The number of hydrogen-bond acceptors (Lipinski definition) is 3. The van der Waals surface area contributed by atoms with Crippen LogP contribution in [0.1, 0.15) is 6.42 Å². The van der Waals surface area contributed by atoms with Gasteiger partial charge >= 0.3 is 6.18 Å². The highest BCUT2D eigenvalue weighted by Gasteiger charge is 2.27. The normalized spacial score (nSPS) is 11.4. The van der Waals surface area contributed by atoms with E-state index in [4.69, 9.17) is 17.3 Å². The first kappa shape index (κ1) is 15.6. The van der Waals surface area contributed by atoms with Crippen molar-refractivity contribution in [1.82, 2.24) is 0 Å². The number of hydrogen-bond donors (Lipinski definition) is 2. The quantitative estimate of drug-likeness (QED) is 0.649. The zero-order chi connectivity index (χ0) is 14.5. The van der Waals surface area contributed by atoms with Crippen molar-refractivity contribution >= 4 is 28.9 Å². The van der Waals surface area contributed by atoms with Crippen molar-refractivity contribution in [3.8, 4) is 0 Å². The minimum atomic E-state index is -4.39. The van der Waals surface area contributed by atoms with Gasteiger partial charge < -0.3 is 15.8 Å². The average Bonchev–Trinajstić information content (AvgIpc) is 2.28. The third-order valence-electron chi connectivity index (χ3n) is 2.02. The van der Waals surface area contributed by atoms with E-state index in [-0.39, 0.29) is 18.1 Å². The number of halogens is 4. The van der Waals surface area contributed by atoms with Gasteiger partial charge in [0.15, 0.2) is 0 Å². The minimum Gasteiger partial charge on any atom is -0.398 e. The molecule has 0 aliphatic carbocycles. The summed E-state index contributed by atoms with van der Waals surface area (Å²) >= 11 is 5.75. The van der Waals surface area contributed by atoms with Gasteiger partial charge in [0.05, 0.1) is 23.7 Å². The molecule has 8 heteroatoms. The SMILES string of the molecule is Nc1ccc(NC(=O)CCOCC(F)(F)F)cc1Cl. The summed E-state index contributed by atoms with van der Waals surface area (Å²) in [7, 11) is 0. The van der Waals surface area contributed by atoms with E-state index in [1.807, 2.05) is 0 Å². The van der Waals surface area contributed by atoms with Crippen molar-refractivity contribution in [3.05, 3.63) is 23.2 Å². The van der Waals surface area contributed by atoms with Crippen LogP contribution in [0.3, 0.4) is 0 Å². The summed E-state index contributed by atoms with van der Waals surface area (Å²) < 4.78 is 39.6. The number of anilines is 2. The molecule has 1 amide bonds. The Morgan fingerprint density at radius 3 is 2.68 bits per heavy atom. The highest BCUT2D eigenvalue weighted by molar-refractivity contribution is 6.33. The molecule has 4 nitrogen and oxygen atoms in total. The number of carbonyl (C=O) groups is 1. The Morgan fingerprint density at radius 1 is 1.42 bits per heavy atom. The maximum absolute atomic E-state index is 11.8. The van der Waals surface area contributed by atoms with Crippen molar-refractivity contribution in [2.24, 2.45) is 0 Å². The summed E-state index contributed by atoms with van der Waals surface area (Å²) in [6, 6.07) is 4.50. The van der Waals surface area contributed by atoms with Gasteiger partial charge in [-0.2, -0.15) is 13.2 Å². The molecule has 0 unspecified atom stereocenters. The van der Waals surface area contributed by atoms with E-state index in [1.165, 1.54) is 18.2 Å². The fraction of sp³-hybridized carbons (Fsp3) is 0.364. The van der Waals surface area contributed by atoms with Crippen LogP contribution in [0.5, 0.6) is 0 Å². The third kappa shape index (κ3) is 6.30. The smallest absolute Gasteiger partial charge is 0.398 e. The molecule has 0 aromatic heterocycles. The molecule has 0 fully saturated rings. The van der Waals surface area contributed by atoms with Gasteiger partial charge in [0.25, 0.3) is 0 Å². The Hall–Kier alpha value is -1.47. The van der Waals surface area contributed by atoms with E-state index in [9.17, 15) is 18.0 Å². The molecule has 0 radical (unpaired) electrons. The lowest BCUT2D eigenvalue weighted by atomic mass is 10.2.